The van der Waals surface area contributed by atoms with E-state index in [2.05, 4.69) is 0 Å². The summed E-state index contributed by atoms with van der Waals surface area (Å²) in [6, 6.07) is 8.42. The highest BCUT2D eigenvalue weighted by atomic mass is 16.7. The Balaban J connectivity index is 1.72. The molecule has 2 fully saturated rings. The van der Waals surface area contributed by atoms with E-state index < -0.39 is 91.4 Å². The van der Waals surface area contributed by atoms with Gasteiger partial charge in [-0.25, -0.2) is 0 Å². The standard InChI is InChI=1S/C28H32O15/c1-39-11-4-2-10(3-5-11)14-6-12(31)18-13(32)7-15(42-28-25(38)23(36)21(34)17(9-30)43-28)19(26(18)40-14)27-24(37)22(35)20(33)16(8-29)41-27/h2-7,16-17,20-25,27-30,32-38H,8-9H2,1H3. The van der Waals surface area contributed by atoms with Crippen LogP contribution in [0.2, 0.25) is 0 Å². The molecule has 43 heavy (non-hydrogen) atoms. The van der Waals surface area contributed by atoms with Gasteiger partial charge in [-0.05, 0) is 24.3 Å². The quantitative estimate of drug-likeness (QED) is 0.139. The minimum Gasteiger partial charge on any atom is -0.507 e. The van der Waals surface area contributed by atoms with Crippen molar-refractivity contribution < 1.29 is 69.3 Å². The third-order valence-electron chi connectivity index (χ3n) is 7.62. The molecule has 0 radical (unpaired) electrons. The molecular formula is C28H32O15. The zero-order chi connectivity index (χ0) is 31.2. The molecular weight excluding hydrogens is 576 g/mol. The van der Waals surface area contributed by atoms with Gasteiger partial charge < -0.3 is 69.3 Å². The van der Waals surface area contributed by atoms with E-state index in [1.54, 1.807) is 24.3 Å². The number of methoxy groups -OCH3 is 1. The Morgan fingerprint density at radius 3 is 2.00 bits per heavy atom. The molecule has 10 atom stereocenters. The smallest absolute Gasteiger partial charge is 0.229 e. The number of aliphatic hydroxyl groups is 8. The topological polar surface area (TPSA) is 249 Å². The number of rotatable bonds is 7. The van der Waals surface area contributed by atoms with E-state index in [1.807, 2.05) is 0 Å². The largest absolute Gasteiger partial charge is 0.507 e. The van der Waals surface area contributed by atoms with Gasteiger partial charge in [-0.3, -0.25) is 4.79 Å². The van der Waals surface area contributed by atoms with Crippen molar-refractivity contribution in [3.8, 4) is 28.6 Å². The molecule has 234 valence electrons. The lowest BCUT2D eigenvalue weighted by Crippen LogP contribution is -2.60. The van der Waals surface area contributed by atoms with Gasteiger partial charge in [0.25, 0.3) is 0 Å². The number of hydrogen-bond donors (Lipinski definition) is 9. The maximum Gasteiger partial charge on any atom is 0.229 e. The van der Waals surface area contributed by atoms with Crippen LogP contribution >= 0.6 is 0 Å². The Labute approximate surface area is 242 Å². The van der Waals surface area contributed by atoms with Gasteiger partial charge >= 0.3 is 0 Å². The molecule has 15 heteroatoms. The Bertz CT molecular complexity index is 1490. The van der Waals surface area contributed by atoms with E-state index in [1.165, 1.54) is 7.11 Å². The van der Waals surface area contributed by atoms with Gasteiger partial charge in [0.15, 0.2) is 11.0 Å². The summed E-state index contributed by atoms with van der Waals surface area (Å²) >= 11 is 0. The minimum absolute atomic E-state index is 0.00427. The summed E-state index contributed by atoms with van der Waals surface area (Å²) in [5.41, 5.74) is -1.01. The van der Waals surface area contributed by atoms with E-state index in [0.29, 0.717) is 11.3 Å². The third kappa shape index (κ3) is 5.56. The first-order chi connectivity index (χ1) is 20.5. The normalized spacial score (nSPS) is 33.0. The number of fused-ring (bicyclic) bond motifs is 1. The number of phenols is 1. The molecule has 2 saturated heterocycles. The van der Waals surface area contributed by atoms with E-state index in [9.17, 15) is 50.8 Å². The number of phenolic OH excluding ortho intramolecular Hbond substituents is 1. The monoisotopic (exact) mass is 608 g/mol. The molecule has 0 bridgehead atoms. The average Bonchev–Trinajstić information content (AvgIpc) is 3.00. The minimum atomic E-state index is -1.90. The number of aromatic hydroxyl groups is 1. The molecule has 3 aromatic rings. The molecule has 2 aromatic carbocycles. The number of benzene rings is 2. The van der Waals surface area contributed by atoms with Gasteiger partial charge in [-0.1, -0.05) is 0 Å². The van der Waals surface area contributed by atoms with Gasteiger partial charge in [0.1, 0.15) is 83.3 Å². The lowest BCUT2D eigenvalue weighted by atomic mass is 9.89. The first-order valence-corrected chi connectivity index (χ1v) is 13.3. The highest BCUT2D eigenvalue weighted by molar-refractivity contribution is 5.89. The van der Waals surface area contributed by atoms with Crippen molar-refractivity contribution in [2.24, 2.45) is 0 Å². The molecule has 15 nitrogen and oxygen atoms in total. The fraction of sp³-hybridized carbons (Fsp3) is 0.464. The molecule has 5 rings (SSSR count). The summed E-state index contributed by atoms with van der Waals surface area (Å²) in [6.45, 7) is -1.56. The summed E-state index contributed by atoms with van der Waals surface area (Å²) in [5.74, 6) is -0.594. The van der Waals surface area contributed by atoms with Crippen molar-refractivity contribution in [3.05, 3.63) is 52.2 Å². The summed E-state index contributed by atoms with van der Waals surface area (Å²) in [6.07, 6.45) is -17.2. The van der Waals surface area contributed by atoms with Crippen LogP contribution in [0.25, 0.3) is 22.3 Å². The molecule has 2 aliphatic rings. The summed E-state index contributed by atoms with van der Waals surface area (Å²) in [5, 5.41) is 92.8. The molecule has 0 spiro atoms. The van der Waals surface area contributed by atoms with Crippen LogP contribution in [0.5, 0.6) is 17.2 Å². The van der Waals surface area contributed by atoms with Crippen LogP contribution in [0, 0.1) is 0 Å². The maximum absolute atomic E-state index is 13.3. The number of ether oxygens (including phenoxy) is 4. The van der Waals surface area contributed by atoms with Crippen LogP contribution < -0.4 is 14.9 Å². The highest BCUT2D eigenvalue weighted by Gasteiger charge is 2.48. The molecule has 10 unspecified atom stereocenters. The molecule has 0 amide bonds. The Hall–Kier alpha value is -3.35. The van der Waals surface area contributed by atoms with Gasteiger partial charge in [0, 0.05) is 17.7 Å². The van der Waals surface area contributed by atoms with Crippen LogP contribution in [-0.4, -0.2) is 121 Å². The second kappa shape index (κ2) is 12.3. The van der Waals surface area contributed by atoms with E-state index >= 15 is 0 Å². The lowest BCUT2D eigenvalue weighted by molar-refractivity contribution is -0.278. The van der Waals surface area contributed by atoms with E-state index in [0.717, 1.165) is 12.1 Å². The summed E-state index contributed by atoms with van der Waals surface area (Å²) < 4.78 is 28.2. The average molecular weight is 609 g/mol. The van der Waals surface area contributed by atoms with Crippen LogP contribution in [0.15, 0.2) is 45.6 Å². The zero-order valence-electron chi connectivity index (χ0n) is 22.6. The van der Waals surface area contributed by atoms with Crippen molar-refractivity contribution in [1.29, 1.82) is 0 Å². The van der Waals surface area contributed by atoms with Crippen molar-refractivity contribution in [2.75, 3.05) is 20.3 Å². The molecule has 1 aromatic heterocycles. The molecule has 0 saturated carbocycles. The first-order valence-electron chi connectivity index (χ1n) is 13.3. The van der Waals surface area contributed by atoms with Crippen molar-refractivity contribution >= 4 is 11.0 Å². The first kappa shape index (κ1) is 31.1. The fourth-order valence-electron chi connectivity index (χ4n) is 5.21. The van der Waals surface area contributed by atoms with E-state index in [4.69, 9.17) is 23.4 Å². The predicted molar refractivity (Wildman–Crippen MR) is 143 cm³/mol. The predicted octanol–water partition coefficient (Wildman–Crippen LogP) is -2.13. The second-order valence-electron chi connectivity index (χ2n) is 10.3. The van der Waals surface area contributed by atoms with Crippen LogP contribution in [0.4, 0.5) is 0 Å². The Kier molecular flexibility index (Phi) is 8.92. The third-order valence-corrected chi connectivity index (χ3v) is 7.62. The Morgan fingerprint density at radius 2 is 1.40 bits per heavy atom. The van der Waals surface area contributed by atoms with Crippen molar-refractivity contribution in [2.45, 2.75) is 61.2 Å². The molecule has 2 aliphatic heterocycles. The zero-order valence-corrected chi connectivity index (χ0v) is 22.6. The lowest BCUT2D eigenvalue weighted by Gasteiger charge is -2.42. The summed E-state index contributed by atoms with van der Waals surface area (Å²) in [7, 11) is 1.47. The van der Waals surface area contributed by atoms with Gasteiger partial charge in [0.2, 0.25) is 6.29 Å². The SMILES string of the molecule is COc1ccc(-c2cc(=O)c3c(O)cc(OC4OC(CO)C(O)C(O)C4O)c(C4OC(CO)C(O)C(O)C4O)c3o2)cc1. The molecule has 9 N–H and O–H groups in total. The number of hydrogen-bond acceptors (Lipinski definition) is 15. The number of aliphatic hydroxyl groups excluding tert-OH is 8. The molecule has 0 aliphatic carbocycles. The maximum atomic E-state index is 13.3. The van der Waals surface area contributed by atoms with Crippen LogP contribution in [-0.2, 0) is 9.47 Å². The molecule has 3 heterocycles. The van der Waals surface area contributed by atoms with Gasteiger partial charge in [0.05, 0.1) is 25.9 Å². The fourth-order valence-corrected chi connectivity index (χ4v) is 5.21. The van der Waals surface area contributed by atoms with E-state index in [-0.39, 0.29) is 22.3 Å². The van der Waals surface area contributed by atoms with Crippen molar-refractivity contribution in [3.63, 3.8) is 0 Å². The second-order valence-corrected chi connectivity index (χ2v) is 10.3. The summed E-state index contributed by atoms with van der Waals surface area (Å²) in [4.78, 5) is 13.3. The highest BCUT2D eigenvalue weighted by Crippen LogP contribution is 2.45. The van der Waals surface area contributed by atoms with Crippen molar-refractivity contribution in [1.82, 2.24) is 0 Å². The van der Waals surface area contributed by atoms with Gasteiger partial charge in [-0.2, -0.15) is 0 Å². The van der Waals surface area contributed by atoms with Crippen LogP contribution in [0.3, 0.4) is 0 Å². The Morgan fingerprint density at radius 1 is 0.791 bits per heavy atom. The van der Waals surface area contributed by atoms with Crippen LogP contribution in [0.1, 0.15) is 11.7 Å². The van der Waals surface area contributed by atoms with Gasteiger partial charge in [-0.15, -0.1) is 0 Å².